The maximum atomic E-state index is 13.3. The number of carbonyl (C=O) groups is 2. The highest BCUT2D eigenvalue weighted by atomic mass is 19.4. The van der Waals surface area contributed by atoms with E-state index in [1.165, 1.54) is 6.07 Å². The largest absolute Gasteiger partial charge is 0.494 e. The van der Waals surface area contributed by atoms with Crippen LogP contribution in [0.1, 0.15) is 123 Å². The molecule has 0 spiro atoms. The Labute approximate surface area is 417 Å². The van der Waals surface area contributed by atoms with Crippen molar-refractivity contribution in [3.05, 3.63) is 144 Å². The Morgan fingerprint density at radius 3 is 1.22 bits per heavy atom. The average molecular weight is 1010 g/mol. The van der Waals surface area contributed by atoms with Crippen molar-refractivity contribution in [1.82, 2.24) is 0 Å². The first-order chi connectivity index (χ1) is 34.7. The van der Waals surface area contributed by atoms with E-state index < -0.39 is 36.5 Å². The summed E-state index contributed by atoms with van der Waals surface area (Å²) in [5, 5.41) is 0. The van der Waals surface area contributed by atoms with Crippen LogP contribution in [0.5, 0.6) is 23.0 Å². The molecule has 0 unspecified atom stereocenters. The van der Waals surface area contributed by atoms with Crippen molar-refractivity contribution in [2.75, 3.05) is 26.4 Å². The van der Waals surface area contributed by atoms with Gasteiger partial charge in [-0.3, -0.25) is 9.98 Å². The fraction of sp³-hybridized carbons (Fsp3) is 0.393. The summed E-state index contributed by atoms with van der Waals surface area (Å²) in [6.07, 6.45) is -2.31. The van der Waals surface area contributed by atoms with Crippen molar-refractivity contribution < 1.29 is 64.4 Å². The van der Waals surface area contributed by atoms with Crippen molar-refractivity contribution >= 4 is 35.7 Å². The first-order valence-corrected chi connectivity index (χ1v) is 24.3. The van der Waals surface area contributed by atoms with Crippen LogP contribution >= 0.6 is 0 Å². The number of alkyl halides is 6. The summed E-state index contributed by atoms with van der Waals surface area (Å²) < 4.78 is 113. The Morgan fingerprint density at radius 2 is 0.861 bits per heavy atom. The number of carbonyl (C=O) groups excluding carboxylic acids is 2. The molecule has 386 valence electrons. The fourth-order valence-corrected chi connectivity index (χ4v) is 7.04. The molecule has 0 N–H and O–H groups in total. The van der Waals surface area contributed by atoms with Crippen molar-refractivity contribution in [2.45, 2.75) is 115 Å². The van der Waals surface area contributed by atoms with Gasteiger partial charge in [-0.15, -0.1) is 0 Å². The zero-order valence-electron chi connectivity index (χ0n) is 40.6. The summed E-state index contributed by atoms with van der Waals surface area (Å²) in [6, 6.07) is 33.2. The van der Waals surface area contributed by atoms with Gasteiger partial charge in [0.05, 0.1) is 48.9 Å². The van der Waals surface area contributed by atoms with E-state index in [-0.39, 0.29) is 61.9 Å². The van der Waals surface area contributed by atoms with E-state index in [1.807, 2.05) is 13.8 Å². The molecule has 0 radical (unpaired) electrons. The maximum absolute atomic E-state index is 13.3. The lowest BCUT2D eigenvalue weighted by Gasteiger charge is -2.21. The lowest BCUT2D eigenvalue weighted by molar-refractivity contribution is -0.223. The third kappa shape index (κ3) is 20.7. The van der Waals surface area contributed by atoms with E-state index in [9.17, 15) is 35.9 Å². The zero-order valence-corrected chi connectivity index (χ0v) is 40.6. The second-order valence-electron chi connectivity index (χ2n) is 16.9. The summed E-state index contributed by atoms with van der Waals surface area (Å²) in [5.41, 5.74) is 3.27. The van der Waals surface area contributed by atoms with E-state index in [2.05, 4.69) is 9.98 Å². The molecule has 0 bridgehead atoms. The summed E-state index contributed by atoms with van der Waals surface area (Å²) >= 11 is 0. The number of benzene rings is 5. The maximum Gasteiger partial charge on any atom is 0.414 e. The van der Waals surface area contributed by atoms with Crippen LogP contribution in [-0.4, -0.2) is 75.4 Å². The van der Waals surface area contributed by atoms with E-state index in [0.29, 0.717) is 48.6 Å². The Hall–Kier alpha value is -6.52. The Bertz CT molecular complexity index is 2260. The minimum absolute atomic E-state index is 0.0367. The van der Waals surface area contributed by atoms with Crippen LogP contribution in [0.2, 0.25) is 0 Å². The molecular weight excluding hydrogens is 943 g/mol. The molecule has 0 amide bonds. The van der Waals surface area contributed by atoms with E-state index in [4.69, 9.17) is 28.4 Å². The Morgan fingerprint density at radius 1 is 0.472 bits per heavy atom. The standard InChI is InChI=1S/C56H62F6N2O8/c1-3-5-7-9-16-51(55(57,58)59)69-36-12-34-67-47-30-26-45(27-31-47)63-39-41-18-22-43(23-19-41)53(65)71-49-14-11-15-50(38-49)72-54(66)44-24-20-42(21-25-44)40-64-46-28-32-48(33-29-46)68-35-13-37-70-52(56(60,61)62)17-10-8-6-4-2/h11,14-15,18-33,38-40,51-52H,3-10,12-13,16-17,34-37H2,1-2H3/t51-,52-/m0/s1. The van der Waals surface area contributed by atoms with Gasteiger partial charge < -0.3 is 28.4 Å². The molecule has 0 saturated carbocycles. The molecule has 0 aliphatic heterocycles. The van der Waals surface area contributed by atoms with Crippen molar-refractivity contribution in [2.24, 2.45) is 9.98 Å². The number of unbranched alkanes of at least 4 members (excludes halogenated alkanes) is 6. The zero-order chi connectivity index (χ0) is 51.6. The summed E-state index contributed by atoms with van der Waals surface area (Å²) in [7, 11) is 0. The van der Waals surface area contributed by atoms with Crippen molar-refractivity contribution in [3.63, 3.8) is 0 Å². The molecule has 72 heavy (non-hydrogen) atoms. The third-order valence-corrected chi connectivity index (χ3v) is 11.0. The normalized spacial score (nSPS) is 12.8. The molecular formula is C56H62F6N2O8. The minimum atomic E-state index is -4.39. The van der Waals surface area contributed by atoms with Gasteiger partial charge in [0.15, 0.2) is 12.2 Å². The summed E-state index contributed by atoms with van der Waals surface area (Å²) in [4.78, 5) is 34.9. The molecule has 0 saturated heterocycles. The molecule has 0 aromatic heterocycles. The van der Waals surface area contributed by atoms with Gasteiger partial charge in [-0.2, -0.15) is 26.3 Å². The van der Waals surface area contributed by atoms with Crippen molar-refractivity contribution in [1.29, 1.82) is 0 Å². The van der Waals surface area contributed by atoms with Crippen LogP contribution < -0.4 is 18.9 Å². The first-order valence-electron chi connectivity index (χ1n) is 24.3. The van der Waals surface area contributed by atoms with Crippen LogP contribution in [0.25, 0.3) is 0 Å². The van der Waals surface area contributed by atoms with Crippen LogP contribution in [0.4, 0.5) is 37.7 Å². The van der Waals surface area contributed by atoms with E-state index >= 15 is 0 Å². The van der Waals surface area contributed by atoms with E-state index in [0.717, 1.165) is 49.7 Å². The molecule has 0 fully saturated rings. The first kappa shape index (κ1) is 56.4. The molecule has 0 heterocycles. The number of hydrogen-bond acceptors (Lipinski definition) is 10. The molecule has 10 nitrogen and oxygen atoms in total. The fourth-order valence-electron chi connectivity index (χ4n) is 7.04. The number of ether oxygens (including phenoxy) is 6. The van der Waals surface area contributed by atoms with Gasteiger partial charge >= 0.3 is 24.3 Å². The highest BCUT2D eigenvalue weighted by molar-refractivity contribution is 5.93. The average Bonchev–Trinajstić information content (AvgIpc) is 3.36. The number of nitrogens with zero attached hydrogens (tertiary/aromatic N) is 2. The number of rotatable bonds is 30. The SMILES string of the molecule is CCCCCC[C@H](OCCCOc1ccc(N=Cc2ccc(C(=O)Oc3cccc(OC(=O)c4ccc(C=Nc5ccc(OCCCO[C@@H](CCCCCC)C(F)(F)F)cc5)cc4)c3)cc2)cc1)C(F)(F)F. The molecule has 16 heteroatoms. The Balaban J connectivity index is 1.00. The number of aliphatic imine (C=N–C) groups is 2. The second kappa shape index (κ2) is 29.7. The van der Waals surface area contributed by atoms with Gasteiger partial charge in [0.1, 0.15) is 23.0 Å². The van der Waals surface area contributed by atoms with Gasteiger partial charge in [-0.1, -0.05) is 95.5 Å². The number of halogens is 6. The highest BCUT2D eigenvalue weighted by Crippen LogP contribution is 2.29. The van der Waals surface area contributed by atoms with Gasteiger partial charge in [0.2, 0.25) is 0 Å². The lowest BCUT2D eigenvalue weighted by atomic mass is 10.1. The summed E-state index contributed by atoms with van der Waals surface area (Å²) in [6.45, 7) is 4.32. The van der Waals surface area contributed by atoms with Crippen molar-refractivity contribution in [3.8, 4) is 23.0 Å². The molecule has 0 aliphatic rings. The minimum Gasteiger partial charge on any atom is -0.494 e. The molecule has 5 aromatic rings. The van der Waals surface area contributed by atoms with Crippen LogP contribution in [0.15, 0.2) is 131 Å². The van der Waals surface area contributed by atoms with Gasteiger partial charge in [0, 0.05) is 31.3 Å². The smallest absolute Gasteiger partial charge is 0.414 e. The monoisotopic (exact) mass is 1000 g/mol. The second-order valence-corrected chi connectivity index (χ2v) is 16.9. The predicted octanol–water partition coefficient (Wildman–Crippen LogP) is 15.0. The van der Waals surface area contributed by atoms with Crippen LogP contribution in [-0.2, 0) is 9.47 Å². The van der Waals surface area contributed by atoms with Crippen LogP contribution in [0, 0.1) is 0 Å². The topological polar surface area (TPSA) is 114 Å². The molecule has 0 aliphatic carbocycles. The predicted molar refractivity (Wildman–Crippen MR) is 266 cm³/mol. The number of esters is 2. The third-order valence-electron chi connectivity index (χ3n) is 11.0. The lowest BCUT2D eigenvalue weighted by Crippen LogP contribution is -2.32. The van der Waals surface area contributed by atoms with Crippen LogP contribution in [0.3, 0.4) is 0 Å². The van der Waals surface area contributed by atoms with E-state index in [1.54, 1.807) is 128 Å². The Kier molecular flexibility index (Phi) is 23.3. The van der Waals surface area contributed by atoms with Gasteiger partial charge in [-0.05, 0) is 109 Å². The highest BCUT2D eigenvalue weighted by Gasteiger charge is 2.40. The molecule has 5 aromatic carbocycles. The summed E-state index contributed by atoms with van der Waals surface area (Å²) in [5.74, 6) is 0.190. The molecule has 2 atom stereocenters. The van der Waals surface area contributed by atoms with Gasteiger partial charge in [0.25, 0.3) is 0 Å². The van der Waals surface area contributed by atoms with Gasteiger partial charge in [-0.25, -0.2) is 9.59 Å². The molecule has 5 rings (SSSR count). The number of hydrogen-bond donors (Lipinski definition) is 0. The quantitative estimate of drug-likeness (QED) is 0.0147.